The molecule has 0 amide bonds. The summed E-state index contributed by atoms with van der Waals surface area (Å²) in [5.41, 5.74) is 0. The molecule has 3 heteroatoms. The molecule has 0 saturated carbocycles. The first-order chi connectivity index (χ1) is 5.88. The van der Waals surface area contributed by atoms with E-state index in [1.54, 1.807) is 0 Å². The van der Waals surface area contributed by atoms with E-state index in [4.69, 9.17) is 4.74 Å². The Bertz CT molecular complexity index is 123. The van der Waals surface area contributed by atoms with Crippen molar-refractivity contribution in [1.29, 1.82) is 0 Å². The predicted molar refractivity (Wildman–Crippen MR) is 45.7 cm³/mol. The van der Waals surface area contributed by atoms with E-state index < -0.39 is 0 Å². The van der Waals surface area contributed by atoms with Crippen molar-refractivity contribution < 1.29 is 9.84 Å². The Labute approximate surface area is 73.3 Å². The molecule has 2 heterocycles. The van der Waals surface area contributed by atoms with Crippen LogP contribution < -0.4 is 0 Å². The summed E-state index contributed by atoms with van der Waals surface area (Å²) in [7, 11) is 0. The first-order valence-corrected chi connectivity index (χ1v) is 4.88. The number of aliphatic hydroxyl groups is 1. The molecular weight excluding hydrogens is 154 g/mol. The van der Waals surface area contributed by atoms with Gasteiger partial charge in [0.15, 0.2) is 0 Å². The number of aliphatic hydroxyl groups excluding tert-OH is 1. The fourth-order valence-corrected chi connectivity index (χ4v) is 2.09. The fourth-order valence-electron chi connectivity index (χ4n) is 2.09. The van der Waals surface area contributed by atoms with Crippen molar-refractivity contribution in [3.63, 3.8) is 0 Å². The topological polar surface area (TPSA) is 32.7 Å². The number of hydrogen-bond donors (Lipinski definition) is 1. The van der Waals surface area contributed by atoms with Gasteiger partial charge >= 0.3 is 0 Å². The van der Waals surface area contributed by atoms with Crippen LogP contribution in [-0.2, 0) is 4.74 Å². The zero-order chi connectivity index (χ0) is 8.39. The van der Waals surface area contributed by atoms with Crippen LogP contribution in [0, 0.1) is 5.92 Å². The van der Waals surface area contributed by atoms with Crippen LogP contribution >= 0.6 is 0 Å². The monoisotopic (exact) mass is 171 g/mol. The minimum Gasteiger partial charge on any atom is -0.381 e. The largest absolute Gasteiger partial charge is 0.381 e. The Morgan fingerprint density at radius 2 is 2.08 bits per heavy atom. The number of rotatable bonds is 2. The maximum atomic E-state index is 9.89. The van der Waals surface area contributed by atoms with Crippen molar-refractivity contribution in [2.75, 3.05) is 26.3 Å². The highest BCUT2D eigenvalue weighted by Gasteiger charge is 2.29. The molecule has 1 N–H and O–H groups in total. The second kappa shape index (κ2) is 3.73. The Hall–Kier alpha value is -0.120. The number of ether oxygens (including phenoxy) is 1. The predicted octanol–water partition coefficient (Wildman–Crippen LogP) is 0.437. The first kappa shape index (κ1) is 8.48. The average Bonchev–Trinajstić information content (AvgIpc) is 2.77. The van der Waals surface area contributed by atoms with Crippen molar-refractivity contribution in [3.8, 4) is 0 Å². The Morgan fingerprint density at radius 3 is 2.67 bits per heavy atom. The summed E-state index contributed by atoms with van der Waals surface area (Å²) >= 11 is 0. The highest BCUT2D eigenvalue weighted by atomic mass is 16.5. The van der Waals surface area contributed by atoms with Crippen molar-refractivity contribution in [2.45, 2.75) is 25.5 Å². The van der Waals surface area contributed by atoms with E-state index in [0.29, 0.717) is 5.92 Å². The molecule has 2 unspecified atom stereocenters. The Kier molecular flexibility index (Phi) is 2.63. The minimum atomic E-state index is -0.241. The highest BCUT2D eigenvalue weighted by Crippen LogP contribution is 2.22. The van der Waals surface area contributed by atoms with Crippen molar-refractivity contribution in [2.24, 2.45) is 5.92 Å². The minimum absolute atomic E-state index is 0.241. The van der Waals surface area contributed by atoms with E-state index in [-0.39, 0.29) is 6.23 Å². The summed E-state index contributed by atoms with van der Waals surface area (Å²) in [6, 6.07) is 0. The van der Waals surface area contributed by atoms with Gasteiger partial charge in [-0.3, -0.25) is 4.90 Å². The first-order valence-electron chi connectivity index (χ1n) is 4.88. The van der Waals surface area contributed by atoms with Crippen molar-refractivity contribution >= 4 is 0 Å². The lowest BCUT2D eigenvalue weighted by Gasteiger charge is -2.26. The van der Waals surface area contributed by atoms with E-state index >= 15 is 0 Å². The molecule has 2 aliphatic heterocycles. The van der Waals surface area contributed by atoms with Gasteiger partial charge in [-0.05, 0) is 19.3 Å². The molecule has 0 bridgehead atoms. The van der Waals surface area contributed by atoms with Crippen LogP contribution in [0.3, 0.4) is 0 Å². The molecular formula is C9H17NO2. The second-order valence-electron chi connectivity index (χ2n) is 3.78. The number of likely N-dealkylation sites (tertiary alicyclic amines) is 1. The van der Waals surface area contributed by atoms with Crippen LogP contribution in [0.15, 0.2) is 0 Å². The summed E-state index contributed by atoms with van der Waals surface area (Å²) in [6.07, 6.45) is 3.27. The van der Waals surface area contributed by atoms with E-state index in [9.17, 15) is 5.11 Å². The second-order valence-corrected chi connectivity index (χ2v) is 3.78. The maximum Gasteiger partial charge on any atom is 0.112 e. The van der Waals surface area contributed by atoms with Gasteiger partial charge in [0.2, 0.25) is 0 Å². The van der Waals surface area contributed by atoms with Gasteiger partial charge < -0.3 is 9.84 Å². The van der Waals surface area contributed by atoms with Gasteiger partial charge in [0.1, 0.15) is 6.23 Å². The molecule has 0 aromatic rings. The summed E-state index contributed by atoms with van der Waals surface area (Å²) in [5.74, 6) is 0.364. The van der Waals surface area contributed by atoms with Crippen LogP contribution in [0.5, 0.6) is 0 Å². The normalized spacial score (nSPS) is 34.2. The van der Waals surface area contributed by atoms with Gasteiger partial charge in [0.25, 0.3) is 0 Å². The summed E-state index contributed by atoms with van der Waals surface area (Å²) in [6.45, 7) is 3.71. The molecule has 2 fully saturated rings. The molecule has 0 spiro atoms. The quantitative estimate of drug-likeness (QED) is 0.654. The van der Waals surface area contributed by atoms with Crippen LogP contribution in [0.4, 0.5) is 0 Å². The summed E-state index contributed by atoms with van der Waals surface area (Å²) in [4.78, 5) is 2.18. The molecule has 0 radical (unpaired) electrons. The van der Waals surface area contributed by atoms with Crippen LogP contribution in [0.1, 0.15) is 19.3 Å². The van der Waals surface area contributed by atoms with E-state index in [1.807, 2.05) is 0 Å². The van der Waals surface area contributed by atoms with E-state index in [0.717, 1.165) is 32.7 Å². The summed E-state index contributed by atoms with van der Waals surface area (Å²) in [5, 5.41) is 9.89. The molecule has 2 rings (SSSR count). The highest BCUT2D eigenvalue weighted by molar-refractivity contribution is 4.77. The Morgan fingerprint density at radius 1 is 1.33 bits per heavy atom. The van der Waals surface area contributed by atoms with E-state index in [2.05, 4.69) is 4.90 Å². The molecule has 12 heavy (non-hydrogen) atoms. The van der Waals surface area contributed by atoms with Gasteiger partial charge in [-0.1, -0.05) is 0 Å². The zero-order valence-corrected chi connectivity index (χ0v) is 7.41. The zero-order valence-electron chi connectivity index (χ0n) is 7.41. The third-order valence-electron chi connectivity index (χ3n) is 2.90. The average molecular weight is 171 g/mol. The molecule has 0 aromatic carbocycles. The summed E-state index contributed by atoms with van der Waals surface area (Å²) < 4.78 is 5.25. The van der Waals surface area contributed by atoms with Crippen LogP contribution in [0.25, 0.3) is 0 Å². The number of hydrogen-bond acceptors (Lipinski definition) is 3. The van der Waals surface area contributed by atoms with Gasteiger partial charge in [0, 0.05) is 25.6 Å². The van der Waals surface area contributed by atoms with Crippen molar-refractivity contribution in [1.82, 2.24) is 4.90 Å². The molecule has 3 nitrogen and oxygen atoms in total. The third kappa shape index (κ3) is 1.63. The molecule has 2 aliphatic rings. The maximum absolute atomic E-state index is 9.89. The standard InChI is InChI=1S/C9H17NO2/c11-9(8-3-6-12-7-8)10-4-1-2-5-10/h8-9,11H,1-7H2. The van der Waals surface area contributed by atoms with Gasteiger partial charge in [-0.15, -0.1) is 0 Å². The molecule has 0 aromatic heterocycles. The van der Waals surface area contributed by atoms with Crippen molar-refractivity contribution in [3.05, 3.63) is 0 Å². The molecule has 2 atom stereocenters. The molecule has 2 saturated heterocycles. The molecule has 70 valence electrons. The smallest absolute Gasteiger partial charge is 0.112 e. The Balaban J connectivity index is 1.84. The van der Waals surface area contributed by atoms with Gasteiger partial charge in [-0.25, -0.2) is 0 Å². The number of nitrogens with zero attached hydrogens (tertiary/aromatic N) is 1. The van der Waals surface area contributed by atoms with Gasteiger partial charge in [-0.2, -0.15) is 0 Å². The lowest BCUT2D eigenvalue weighted by Crippen LogP contribution is -2.38. The van der Waals surface area contributed by atoms with E-state index in [1.165, 1.54) is 12.8 Å². The lowest BCUT2D eigenvalue weighted by atomic mass is 10.1. The fraction of sp³-hybridized carbons (Fsp3) is 1.00. The van der Waals surface area contributed by atoms with Crippen LogP contribution in [-0.4, -0.2) is 42.5 Å². The SMILES string of the molecule is OC(C1CCOC1)N1CCCC1. The van der Waals surface area contributed by atoms with Crippen LogP contribution in [0.2, 0.25) is 0 Å². The third-order valence-corrected chi connectivity index (χ3v) is 2.90. The lowest BCUT2D eigenvalue weighted by molar-refractivity contribution is -0.0286. The van der Waals surface area contributed by atoms with Gasteiger partial charge in [0.05, 0.1) is 6.61 Å². The molecule has 0 aliphatic carbocycles.